The highest BCUT2D eigenvalue weighted by Crippen LogP contribution is 2.44. The van der Waals surface area contributed by atoms with Crippen molar-refractivity contribution in [2.45, 2.75) is 32.7 Å². The van der Waals surface area contributed by atoms with Crippen LogP contribution in [0.25, 0.3) is 11.1 Å². The molecule has 1 amide bonds. The third kappa shape index (κ3) is 3.54. The van der Waals surface area contributed by atoms with Gasteiger partial charge < -0.3 is 15.2 Å². The maximum atomic E-state index is 12.2. The van der Waals surface area contributed by atoms with Crippen LogP contribution in [-0.4, -0.2) is 30.5 Å². The molecule has 2 aromatic carbocycles. The van der Waals surface area contributed by atoms with E-state index in [9.17, 15) is 9.90 Å². The van der Waals surface area contributed by atoms with Gasteiger partial charge in [0.15, 0.2) is 0 Å². The molecule has 0 unspecified atom stereocenters. The molecule has 0 saturated carbocycles. The largest absolute Gasteiger partial charge is 0.449 e. The summed E-state index contributed by atoms with van der Waals surface area (Å²) < 4.78 is 5.51. The van der Waals surface area contributed by atoms with Crippen LogP contribution in [-0.2, 0) is 4.74 Å². The molecule has 2 aromatic rings. The summed E-state index contributed by atoms with van der Waals surface area (Å²) >= 11 is 0. The van der Waals surface area contributed by atoms with E-state index in [1.807, 2.05) is 45.0 Å². The third-order valence-corrected chi connectivity index (χ3v) is 4.86. The summed E-state index contributed by atoms with van der Waals surface area (Å²) in [5, 5.41) is 12.2. The molecule has 4 heteroatoms. The van der Waals surface area contributed by atoms with Crippen LogP contribution in [0.15, 0.2) is 48.5 Å². The standard InChI is InChI=1S/C21H25NO3/c1-21(2,3)19(12-23)22-20(24)25-13-18-16-10-6-4-8-14(16)15-9-5-7-11-17(15)18/h4-11,18-19,23H,12-13H2,1-3H3,(H,22,24)/t19-/m0/s1. The fourth-order valence-electron chi connectivity index (χ4n) is 3.32. The van der Waals surface area contributed by atoms with Crippen LogP contribution in [0.4, 0.5) is 4.79 Å². The molecule has 1 aliphatic carbocycles. The molecule has 0 bridgehead atoms. The van der Waals surface area contributed by atoms with Crippen molar-refractivity contribution >= 4 is 6.09 Å². The summed E-state index contributed by atoms with van der Waals surface area (Å²) in [7, 11) is 0. The minimum atomic E-state index is -0.490. The number of carbonyl (C=O) groups is 1. The molecule has 0 fully saturated rings. The predicted molar refractivity (Wildman–Crippen MR) is 98.5 cm³/mol. The molecule has 3 rings (SSSR count). The highest BCUT2D eigenvalue weighted by atomic mass is 16.5. The van der Waals surface area contributed by atoms with Crippen molar-refractivity contribution in [1.29, 1.82) is 0 Å². The molecular formula is C21H25NO3. The summed E-state index contributed by atoms with van der Waals surface area (Å²) in [6.07, 6.45) is -0.490. The Kier molecular flexibility index (Phi) is 4.82. The van der Waals surface area contributed by atoms with Crippen LogP contribution < -0.4 is 5.32 Å². The lowest BCUT2D eigenvalue weighted by Gasteiger charge is -2.29. The van der Waals surface area contributed by atoms with Crippen LogP contribution in [0.5, 0.6) is 0 Å². The van der Waals surface area contributed by atoms with E-state index in [2.05, 4.69) is 29.6 Å². The number of nitrogens with one attached hydrogen (secondary N) is 1. The molecule has 1 atom stereocenters. The summed E-state index contributed by atoms with van der Waals surface area (Å²) in [5.74, 6) is 0.0420. The molecule has 1 aliphatic rings. The van der Waals surface area contributed by atoms with Gasteiger partial charge in [0.1, 0.15) is 6.61 Å². The van der Waals surface area contributed by atoms with E-state index in [1.54, 1.807) is 0 Å². The van der Waals surface area contributed by atoms with Gasteiger partial charge in [0.05, 0.1) is 12.6 Å². The van der Waals surface area contributed by atoms with Gasteiger partial charge >= 0.3 is 6.09 Å². The van der Waals surface area contributed by atoms with Crippen molar-refractivity contribution in [3.05, 3.63) is 59.7 Å². The van der Waals surface area contributed by atoms with Gasteiger partial charge in [-0.15, -0.1) is 0 Å². The molecular weight excluding hydrogens is 314 g/mol. The van der Waals surface area contributed by atoms with Crippen molar-refractivity contribution in [3.8, 4) is 11.1 Å². The topological polar surface area (TPSA) is 58.6 Å². The van der Waals surface area contributed by atoms with Crippen molar-refractivity contribution in [3.63, 3.8) is 0 Å². The molecule has 0 aliphatic heterocycles. The number of hydrogen-bond acceptors (Lipinski definition) is 3. The van der Waals surface area contributed by atoms with Crippen molar-refractivity contribution in [2.75, 3.05) is 13.2 Å². The Morgan fingerprint density at radius 3 is 2.08 bits per heavy atom. The zero-order valence-corrected chi connectivity index (χ0v) is 15.0. The van der Waals surface area contributed by atoms with Crippen molar-refractivity contribution in [2.24, 2.45) is 5.41 Å². The van der Waals surface area contributed by atoms with E-state index < -0.39 is 6.09 Å². The van der Waals surface area contributed by atoms with Gasteiger partial charge in [0.25, 0.3) is 0 Å². The zero-order valence-electron chi connectivity index (χ0n) is 15.0. The first-order valence-corrected chi connectivity index (χ1v) is 8.64. The monoisotopic (exact) mass is 339 g/mol. The van der Waals surface area contributed by atoms with Crippen molar-refractivity contribution < 1.29 is 14.6 Å². The Bertz CT molecular complexity index is 718. The molecule has 0 spiro atoms. The van der Waals surface area contributed by atoms with Gasteiger partial charge in [-0.3, -0.25) is 0 Å². The van der Waals surface area contributed by atoms with Crippen LogP contribution in [0, 0.1) is 5.41 Å². The fraction of sp³-hybridized carbons (Fsp3) is 0.381. The fourth-order valence-corrected chi connectivity index (χ4v) is 3.32. The zero-order chi connectivity index (χ0) is 18.0. The molecule has 4 nitrogen and oxygen atoms in total. The normalized spacial score (nSPS) is 14.6. The number of ether oxygens (including phenoxy) is 1. The van der Waals surface area contributed by atoms with Gasteiger partial charge in [0.2, 0.25) is 0 Å². The number of alkyl carbamates (subject to hydrolysis) is 1. The maximum Gasteiger partial charge on any atom is 0.407 e. The first-order valence-electron chi connectivity index (χ1n) is 8.64. The van der Waals surface area contributed by atoms with E-state index >= 15 is 0 Å². The van der Waals surface area contributed by atoms with Crippen molar-refractivity contribution in [1.82, 2.24) is 5.32 Å². The summed E-state index contributed by atoms with van der Waals surface area (Å²) in [6, 6.07) is 16.1. The number of hydrogen-bond donors (Lipinski definition) is 2. The number of aliphatic hydroxyl groups excluding tert-OH is 1. The molecule has 25 heavy (non-hydrogen) atoms. The number of fused-ring (bicyclic) bond motifs is 3. The average molecular weight is 339 g/mol. The third-order valence-electron chi connectivity index (χ3n) is 4.86. The Labute approximate surface area is 148 Å². The molecule has 0 radical (unpaired) electrons. The lowest BCUT2D eigenvalue weighted by atomic mass is 9.87. The Balaban J connectivity index is 1.72. The second kappa shape index (κ2) is 6.89. The SMILES string of the molecule is CC(C)(C)[C@H](CO)NC(=O)OCC1c2ccccc2-c2ccccc21. The minimum absolute atomic E-state index is 0.0420. The first kappa shape index (κ1) is 17.5. The molecule has 0 saturated heterocycles. The molecule has 132 valence electrons. The number of carbonyl (C=O) groups excluding carboxylic acids is 1. The van der Waals surface area contributed by atoms with Crippen LogP contribution >= 0.6 is 0 Å². The number of benzene rings is 2. The first-order chi connectivity index (χ1) is 11.9. The van der Waals surface area contributed by atoms with Crippen LogP contribution in [0.3, 0.4) is 0 Å². The maximum absolute atomic E-state index is 12.2. The summed E-state index contributed by atoms with van der Waals surface area (Å²) in [4.78, 5) is 12.2. The molecule has 0 aromatic heterocycles. The Hall–Kier alpha value is -2.33. The molecule has 2 N–H and O–H groups in total. The van der Waals surface area contributed by atoms with Gasteiger partial charge in [-0.1, -0.05) is 69.3 Å². The quantitative estimate of drug-likeness (QED) is 0.887. The smallest absolute Gasteiger partial charge is 0.407 e. The van der Waals surface area contributed by atoms with Gasteiger partial charge in [-0.25, -0.2) is 4.79 Å². The number of aliphatic hydroxyl groups is 1. The van der Waals surface area contributed by atoms with Gasteiger partial charge in [-0.05, 0) is 27.7 Å². The second-order valence-electron chi connectivity index (χ2n) is 7.57. The molecule has 0 heterocycles. The van der Waals surface area contributed by atoms with Gasteiger partial charge in [-0.2, -0.15) is 0 Å². The Morgan fingerprint density at radius 2 is 1.60 bits per heavy atom. The number of amides is 1. The second-order valence-corrected chi connectivity index (χ2v) is 7.57. The van der Waals surface area contributed by atoms with E-state index in [0.717, 1.165) is 0 Å². The predicted octanol–water partition coefficient (Wildman–Crippen LogP) is 3.93. The summed E-state index contributed by atoms with van der Waals surface area (Å²) in [5.41, 5.74) is 4.54. The van der Waals surface area contributed by atoms with E-state index in [1.165, 1.54) is 22.3 Å². The highest BCUT2D eigenvalue weighted by Gasteiger charge is 2.30. The summed E-state index contributed by atoms with van der Waals surface area (Å²) in [6.45, 7) is 6.07. The lowest BCUT2D eigenvalue weighted by Crippen LogP contribution is -2.46. The minimum Gasteiger partial charge on any atom is -0.449 e. The van der Waals surface area contributed by atoms with E-state index in [-0.39, 0.29) is 30.6 Å². The average Bonchev–Trinajstić information content (AvgIpc) is 2.91. The van der Waals surface area contributed by atoms with Gasteiger partial charge in [0, 0.05) is 5.92 Å². The number of rotatable bonds is 4. The lowest BCUT2D eigenvalue weighted by molar-refractivity contribution is 0.111. The van der Waals surface area contributed by atoms with E-state index in [4.69, 9.17) is 4.74 Å². The Morgan fingerprint density at radius 1 is 1.08 bits per heavy atom. The van der Waals surface area contributed by atoms with Crippen LogP contribution in [0.1, 0.15) is 37.8 Å². The van der Waals surface area contributed by atoms with E-state index in [0.29, 0.717) is 0 Å². The highest BCUT2D eigenvalue weighted by molar-refractivity contribution is 5.79. The van der Waals surface area contributed by atoms with Crippen LogP contribution in [0.2, 0.25) is 0 Å².